The van der Waals surface area contributed by atoms with Crippen LogP contribution in [-0.2, 0) is 4.79 Å². The lowest BCUT2D eigenvalue weighted by molar-refractivity contribution is -0.120. The Kier molecular flexibility index (Phi) is 5.68. The van der Waals surface area contributed by atoms with Crippen LogP contribution in [-0.4, -0.2) is 25.6 Å². The van der Waals surface area contributed by atoms with Crippen molar-refractivity contribution in [3.05, 3.63) is 23.8 Å². The Hall–Kier alpha value is -2.22. The molecular weight excluding hydrogens is 242 g/mol. The highest BCUT2D eigenvalue weighted by Gasteiger charge is 2.11. The van der Waals surface area contributed by atoms with Gasteiger partial charge in [0.05, 0.1) is 24.9 Å². The van der Waals surface area contributed by atoms with Gasteiger partial charge >= 0.3 is 0 Å². The molecule has 0 radical (unpaired) electrons. The quantitative estimate of drug-likeness (QED) is 0.820. The number of amides is 1. The van der Waals surface area contributed by atoms with Gasteiger partial charge in [0.2, 0.25) is 5.91 Å². The molecule has 102 valence electrons. The lowest BCUT2D eigenvalue weighted by Crippen LogP contribution is -2.36. The van der Waals surface area contributed by atoms with Crippen LogP contribution in [0.15, 0.2) is 18.2 Å². The van der Waals surface area contributed by atoms with Crippen molar-refractivity contribution in [3.8, 4) is 11.8 Å². The molecule has 0 fully saturated rings. The van der Waals surface area contributed by atoms with Gasteiger partial charge in [-0.15, -0.1) is 0 Å². The van der Waals surface area contributed by atoms with E-state index in [-0.39, 0.29) is 18.5 Å². The molecule has 1 aromatic carbocycles. The molecule has 2 N–H and O–H groups in total. The number of hydrogen-bond acceptors (Lipinski definition) is 4. The number of anilines is 1. The minimum absolute atomic E-state index is 0.107. The monoisotopic (exact) mass is 261 g/mol. The zero-order valence-corrected chi connectivity index (χ0v) is 11.5. The molecule has 0 aliphatic rings. The molecule has 1 unspecified atom stereocenters. The summed E-state index contributed by atoms with van der Waals surface area (Å²) in [5.74, 6) is 0.444. The van der Waals surface area contributed by atoms with Gasteiger partial charge in [0, 0.05) is 6.04 Å². The molecule has 0 bridgehead atoms. The Labute approximate surface area is 113 Å². The topological polar surface area (TPSA) is 74.2 Å². The van der Waals surface area contributed by atoms with Gasteiger partial charge in [-0.3, -0.25) is 4.79 Å². The summed E-state index contributed by atoms with van der Waals surface area (Å²) in [7, 11) is 1.53. The molecule has 0 saturated carbocycles. The molecule has 19 heavy (non-hydrogen) atoms. The number of rotatable bonds is 6. The van der Waals surface area contributed by atoms with E-state index in [4.69, 9.17) is 10.00 Å². The predicted octanol–water partition coefficient (Wildman–Crippen LogP) is 1.89. The minimum atomic E-state index is -0.107. The van der Waals surface area contributed by atoms with Gasteiger partial charge in [-0.2, -0.15) is 5.26 Å². The number of benzene rings is 1. The van der Waals surface area contributed by atoms with Crippen molar-refractivity contribution >= 4 is 11.6 Å². The number of hydrogen-bond donors (Lipinski definition) is 2. The molecule has 1 atom stereocenters. The fraction of sp³-hybridized carbons (Fsp3) is 0.429. The summed E-state index contributed by atoms with van der Waals surface area (Å²) in [6, 6.07) is 7.37. The Balaban J connectivity index is 2.72. The summed E-state index contributed by atoms with van der Waals surface area (Å²) in [4.78, 5) is 11.7. The van der Waals surface area contributed by atoms with Crippen LogP contribution < -0.4 is 15.4 Å². The van der Waals surface area contributed by atoms with Crippen molar-refractivity contribution in [2.75, 3.05) is 19.0 Å². The van der Waals surface area contributed by atoms with Gasteiger partial charge in [-0.25, -0.2) is 0 Å². The number of nitrogens with zero attached hydrogens (tertiary/aromatic N) is 1. The first-order chi connectivity index (χ1) is 9.12. The van der Waals surface area contributed by atoms with Gasteiger partial charge in [-0.05, 0) is 25.5 Å². The molecule has 0 heterocycles. The first-order valence-electron chi connectivity index (χ1n) is 6.22. The fourth-order valence-corrected chi connectivity index (χ4v) is 1.57. The average Bonchev–Trinajstić information content (AvgIpc) is 2.44. The lowest BCUT2D eigenvalue weighted by Gasteiger charge is -2.14. The Morgan fingerprint density at radius 1 is 1.53 bits per heavy atom. The summed E-state index contributed by atoms with van der Waals surface area (Å²) < 4.78 is 5.18. The fourth-order valence-electron chi connectivity index (χ4n) is 1.57. The van der Waals surface area contributed by atoms with Gasteiger partial charge in [-0.1, -0.05) is 13.0 Å². The normalized spacial score (nSPS) is 11.3. The third kappa shape index (κ3) is 4.18. The highest BCUT2D eigenvalue weighted by molar-refractivity contribution is 5.82. The van der Waals surface area contributed by atoms with Crippen molar-refractivity contribution in [1.29, 1.82) is 5.26 Å². The van der Waals surface area contributed by atoms with Crippen molar-refractivity contribution in [1.82, 2.24) is 5.32 Å². The van der Waals surface area contributed by atoms with Gasteiger partial charge < -0.3 is 15.4 Å². The van der Waals surface area contributed by atoms with Crippen LogP contribution in [0.1, 0.15) is 25.8 Å². The van der Waals surface area contributed by atoms with E-state index in [1.54, 1.807) is 18.2 Å². The first kappa shape index (κ1) is 14.8. The second-order valence-corrected chi connectivity index (χ2v) is 4.23. The maximum Gasteiger partial charge on any atom is 0.239 e. The molecule has 0 aromatic heterocycles. The molecule has 5 heteroatoms. The average molecular weight is 261 g/mol. The third-order valence-corrected chi connectivity index (χ3v) is 2.81. The summed E-state index contributed by atoms with van der Waals surface area (Å²) in [5.41, 5.74) is 1.00. The Morgan fingerprint density at radius 2 is 2.26 bits per heavy atom. The molecule has 5 nitrogen and oxygen atoms in total. The molecule has 0 saturated heterocycles. The van der Waals surface area contributed by atoms with E-state index < -0.39 is 0 Å². The molecule has 1 aromatic rings. The summed E-state index contributed by atoms with van der Waals surface area (Å²) >= 11 is 0. The second-order valence-electron chi connectivity index (χ2n) is 4.23. The zero-order chi connectivity index (χ0) is 14.3. The van der Waals surface area contributed by atoms with Crippen LogP contribution in [0.4, 0.5) is 5.69 Å². The number of carbonyl (C=O) groups is 1. The molecule has 0 spiro atoms. The largest absolute Gasteiger partial charge is 0.495 e. The van der Waals surface area contributed by atoms with E-state index in [1.807, 2.05) is 13.8 Å². The lowest BCUT2D eigenvalue weighted by atomic mass is 10.1. The SMILES string of the molecule is CCC(C)NC(=O)CNc1c(C#N)cccc1OC. The van der Waals surface area contributed by atoms with E-state index in [0.717, 1.165) is 6.42 Å². The second kappa shape index (κ2) is 7.27. The minimum Gasteiger partial charge on any atom is -0.495 e. The van der Waals surface area contributed by atoms with Crippen LogP contribution in [0.2, 0.25) is 0 Å². The molecular formula is C14H19N3O2. The molecule has 0 aliphatic carbocycles. The van der Waals surface area contributed by atoms with Gasteiger partial charge in [0.15, 0.2) is 0 Å². The number of nitrogens with one attached hydrogen (secondary N) is 2. The van der Waals surface area contributed by atoms with E-state index in [1.165, 1.54) is 7.11 Å². The predicted molar refractivity (Wildman–Crippen MR) is 74.1 cm³/mol. The van der Waals surface area contributed by atoms with Gasteiger partial charge in [0.1, 0.15) is 11.8 Å². The maximum absolute atomic E-state index is 11.7. The van der Waals surface area contributed by atoms with E-state index in [0.29, 0.717) is 17.0 Å². The van der Waals surface area contributed by atoms with E-state index in [2.05, 4.69) is 16.7 Å². The van der Waals surface area contributed by atoms with Crippen LogP contribution in [0.3, 0.4) is 0 Å². The number of ether oxygens (including phenoxy) is 1. The molecule has 1 amide bonds. The van der Waals surface area contributed by atoms with Crippen LogP contribution >= 0.6 is 0 Å². The van der Waals surface area contributed by atoms with Crippen LogP contribution in [0, 0.1) is 11.3 Å². The zero-order valence-electron chi connectivity index (χ0n) is 11.5. The number of methoxy groups -OCH3 is 1. The highest BCUT2D eigenvalue weighted by atomic mass is 16.5. The standard InChI is InChI=1S/C14H19N3O2/c1-4-10(2)17-13(18)9-16-14-11(8-15)6-5-7-12(14)19-3/h5-7,10,16H,4,9H2,1-3H3,(H,17,18). The Morgan fingerprint density at radius 3 is 2.84 bits per heavy atom. The van der Waals surface area contributed by atoms with Gasteiger partial charge in [0.25, 0.3) is 0 Å². The molecule has 1 rings (SSSR count). The number of nitriles is 1. The maximum atomic E-state index is 11.7. The number of carbonyl (C=O) groups excluding carboxylic acids is 1. The van der Waals surface area contributed by atoms with E-state index >= 15 is 0 Å². The van der Waals surface area contributed by atoms with Crippen molar-refractivity contribution in [2.45, 2.75) is 26.3 Å². The van der Waals surface area contributed by atoms with Crippen molar-refractivity contribution < 1.29 is 9.53 Å². The van der Waals surface area contributed by atoms with Crippen LogP contribution in [0.5, 0.6) is 5.75 Å². The van der Waals surface area contributed by atoms with Crippen LogP contribution in [0.25, 0.3) is 0 Å². The third-order valence-electron chi connectivity index (χ3n) is 2.81. The number of para-hydroxylation sites is 1. The summed E-state index contributed by atoms with van der Waals surface area (Å²) in [6.07, 6.45) is 0.879. The molecule has 0 aliphatic heterocycles. The van der Waals surface area contributed by atoms with Crippen molar-refractivity contribution in [3.63, 3.8) is 0 Å². The Bertz CT molecular complexity index is 480. The first-order valence-corrected chi connectivity index (χ1v) is 6.22. The summed E-state index contributed by atoms with van der Waals surface area (Å²) in [6.45, 7) is 4.06. The van der Waals surface area contributed by atoms with E-state index in [9.17, 15) is 4.79 Å². The van der Waals surface area contributed by atoms with Crippen molar-refractivity contribution in [2.24, 2.45) is 0 Å². The highest BCUT2D eigenvalue weighted by Crippen LogP contribution is 2.27. The smallest absolute Gasteiger partial charge is 0.239 e. The summed E-state index contributed by atoms with van der Waals surface area (Å²) in [5, 5.41) is 14.8.